The first-order valence-electron chi connectivity index (χ1n) is 7.07. The van der Waals surface area contributed by atoms with Crippen molar-refractivity contribution in [2.45, 2.75) is 43.9 Å². The van der Waals surface area contributed by atoms with E-state index in [1.165, 1.54) is 32.4 Å². The Bertz CT molecular complexity index is 263. The SMILES string of the molecule is CC1(OCCNC2CCN(C3CC3)C2)CNC1. The van der Waals surface area contributed by atoms with Gasteiger partial charge in [-0.15, -0.1) is 0 Å². The van der Waals surface area contributed by atoms with Gasteiger partial charge in [-0.25, -0.2) is 0 Å². The Labute approximate surface area is 104 Å². The smallest absolute Gasteiger partial charge is 0.0902 e. The minimum atomic E-state index is 0.109. The molecule has 4 nitrogen and oxygen atoms in total. The molecule has 2 N–H and O–H groups in total. The van der Waals surface area contributed by atoms with Crippen LogP contribution in [0.4, 0.5) is 0 Å². The van der Waals surface area contributed by atoms with Crippen LogP contribution < -0.4 is 10.6 Å². The highest BCUT2D eigenvalue weighted by Gasteiger charge is 2.34. The molecule has 1 aliphatic carbocycles. The van der Waals surface area contributed by atoms with Gasteiger partial charge in [0.15, 0.2) is 0 Å². The number of ether oxygens (including phenoxy) is 1. The fourth-order valence-corrected chi connectivity index (χ4v) is 2.86. The molecule has 0 aromatic heterocycles. The van der Waals surface area contributed by atoms with Crippen LogP contribution in [0.5, 0.6) is 0 Å². The molecule has 4 heteroatoms. The molecular weight excluding hydrogens is 214 g/mol. The summed E-state index contributed by atoms with van der Waals surface area (Å²) in [6.07, 6.45) is 4.18. The summed E-state index contributed by atoms with van der Waals surface area (Å²) < 4.78 is 5.87. The van der Waals surface area contributed by atoms with E-state index in [1.54, 1.807) is 0 Å². The summed E-state index contributed by atoms with van der Waals surface area (Å²) in [5.41, 5.74) is 0.109. The first-order valence-corrected chi connectivity index (χ1v) is 7.07. The molecule has 3 aliphatic rings. The predicted molar refractivity (Wildman–Crippen MR) is 68.2 cm³/mol. The number of hydrogen-bond acceptors (Lipinski definition) is 4. The van der Waals surface area contributed by atoms with Crippen LogP contribution in [0.15, 0.2) is 0 Å². The van der Waals surface area contributed by atoms with E-state index in [0.29, 0.717) is 6.04 Å². The third kappa shape index (κ3) is 2.99. The second-order valence-corrected chi connectivity index (χ2v) is 6.07. The van der Waals surface area contributed by atoms with Gasteiger partial charge in [-0.3, -0.25) is 4.90 Å². The van der Waals surface area contributed by atoms with E-state index < -0.39 is 0 Å². The molecule has 0 radical (unpaired) electrons. The summed E-state index contributed by atoms with van der Waals surface area (Å²) >= 11 is 0. The normalized spacial score (nSPS) is 32.6. The summed E-state index contributed by atoms with van der Waals surface area (Å²) in [5, 5.41) is 6.88. The van der Waals surface area contributed by atoms with Gasteiger partial charge in [0, 0.05) is 44.8 Å². The molecule has 2 saturated heterocycles. The molecule has 0 spiro atoms. The summed E-state index contributed by atoms with van der Waals surface area (Å²) in [5.74, 6) is 0. The van der Waals surface area contributed by atoms with E-state index in [-0.39, 0.29) is 5.60 Å². The highest BCUT2D eigenvalue weighted by Crippen LogP contribution is 2.29. The standard InChI is InChI=1S/C13H25N3O/c1-13(9-14-10-13)17-7-5-15-11-4-6-16(8-11)12-2-3-12/h11-12,14-15H,2-10H2,1H3. The quantitative estimate of drug-likeness (QED) is 0.649. The number of nitrogens with zero attached hydrogens (tertiary/aromatic N) is 1. The zero-order chi connectivity index (χ0) is 11.7. The van der Waals surface area contributed by atoms with Crippen molar-refractivity contribution in [3.63, 3.8) is 0 Å². The van der Waals surface area contributed by atoms with Gasteiger partial charge in [-0.1, -0.05) is 0 Å². The molecule has 2 heterocycles. The summed E-state index contributed by atoms with van der Waals surface area (Å²) in [4.78, 5) is 2.65. The minimum absolute atomic E-state index is 0.109. The maximum Gasteiger partial charge on any atom is 0.0902 e. The monoisotopic (exact) mass is 239 g/mol. The molecule has 98 valence electrons. The van der Waals surface area contributed by atoms with Crippen LogP contribution in [0.2, 0.25) is 0 Å². The summed E-state index contributed by atoms with van der Waals surface area (Å²) in [6.45, 7) is 8.59. The highest BCUT2D eigenvalue weighted by molar-refractivity contribution is 4.92. The van der Waals surface area contributed by atoms with Gasteiger partial charge in [-0.05, 0) is 26.2 Å². The van der Waals surface area contributed by atoms with Crippen LogP contribution in [-0.4, -0.2) is 61.9 Å². The van der Waals surface area contributed by atoms with E-state index in [9.17, 15) is 0 Å². The lowest BCUT2D eigenvalue weighted by Crippen LogP contribution is -2.59. The van der Waals surface area contributed by atoms with Gasteiger partial charge in [0.1, 0.15) is 0 Å². The molecule has 3 fully saturated rings. The highest BCUT2D eigenvalue weighted by atomic mass is 16.5. The topological polar surface area (TPSA) is 36.5 Å². The average Bonchev–Trinajstić information content (AvgIpc) is 3.03. The molecule has 3 rings (SSSR count). The molecular formula is C13H25N3O. The van der Waals surface area contributed by atoms with Crippen LogP contribution in [-0.2, 0) is 4.74 Å². The van der Waals surface area contributed by atoms with Crippen LogP contribution in [0.25, 0.3) is 0 Å². The second-order valence-electron chi connectivity index (χ2n) is 6.07. The first-order chi connectivity index (χ1) is 8.25. The molecule has 0 amide bonds. The van der Waals surface area contributed by atoms with Gasteiger partial charge in [0.05, 0.1) is 12.2 Å². The Morgan fingerprint density at radius 2 is 2.18 bits per heavy atom. The van der Waals surface area contributed by atoms with Crippen molar-refractivity contribution in [3.05, 3.63) is 0 Å². The van der Waals surface area contributed by atoms with Crippen molar-refractivity contribution < 1.29 is 4.74 Å². The Morgan fingerprint density at radius 1 is 1.35 bits per heavy atom. The van der Waals surface area contributed by atoms with Crippen molar-refractivity contribution in [1.29, 1.82) is 0 Å². The van der Waals surface area contributed by atoms with Crippen molar-refractivity contribution in [2.75, 3.05) is 39.3 Å². The molecule has 2 aliphatic heterocycles. The molecule has 0 aromatic carbocycles. The molecule has 17 heavy (non-hydrogen) atoms. The van der Waals surface area contributed by atoms with Crippen molar-refractivity contribution in [1.82, 2.24) is 15.5 Å². The maximum absolute atomic E-state index is 5.87. The molecule has 1 unspecified atom stereocenters. The van der Waals surface area contributed by atoms with E-state index in [0.717, 1.165) is 32.3 Å². The second kappa shape index (κ2) is 4.84. The minimum Gasteiger partial charge on any atom is -0.371 e. The van der Waals surface area contributed by atoms with Crippen LogP contribution in [0.3, 0.4) is 0 Å². The first kappa shape index (κ1) is 11.9. The van der Waals surface area contributed by atoms with E-state index >= 15 is 0 Å². The zero-order valence-corrected chi connectivity index (χ0v) is 10.9. The Balaban J connectivity index is 1.27. The maximum atomic E-state index is 5.87. The summed E-state index contributed by atoms with van der Waals surface area (Å²) in [7, 11) is 0. The zero-order valence-electron chi connectivity index (χ0n) is 10.9. The lowest BCUT2D eigenvalue weighted by Gasteiger charge is -2.39. The lowest BCUT2D eigenvalue weighted by molar-refractivity contribution is -0.0652. The van der Waals surface area contributed by atoms with Crippen LogP contribution in [0.1, 0.15) is 26.2 Å². The Kier molecular flexibility index (Phi) is 3.39. The number of hydrogen-bond donors (Lipinski definition) is 2. The molecule has 1 atom stereocenters. The van der Waals surface area contributed by atoms with Crippen molar-refractivity contribution in [2.24, 2.45) is 0 Å². The molecule has 0 aromatic rings. The number of likely N-dealkylation sites (tertiary alicyclic amines) is 1. The van der Waals surface area contributed by atoms with Gasteiger partial charge in [0.2, 0.25) is 0 Å². The fourth-order valence-electron chi connectivity index (χ4n) is 2.86. The molecule has 1 saturated carbocycles. The number of nitrogens with one attached hydrogen (secondary N) is 2. The lowest BCUT2D eigenvalue weighted by atomic mass is 10.0. The van der Waals surface area contributed by atoms with Crippen LogP contribution in [0, 0.1) is 0 Å². The van der Waals surface area contributed by atoms with Crippen LogP contribution >= 0.6 is 0 Å². The van der Waals surface area contributed by atoms with E-state index in [4.69, 9.17) is 4.74 Å². The Morgan fingerprint density at radius 3 is 2.82 bits per heavy atom. The van der Waals surface area contributed by atoms with Crippen molar-refractivity contribution in [3.8, 4) is 0 Å². The average molecular weight is 239 g/mol. The number of rotatable bonds is 6. The van der Waals surface area contributed by atoms with Gasteiger partial charge < -0.3 is 15.4 Å². The van der Waals surface area contributed by atoms with Gasteiger partial charge in [0.25, 0.3) is 0 Å². The summed E-state index contributed by atoms with van der Waals surface area (Å²) in [6, 6.07) is 1.63. The molecule has 0 bridgehead atoms. The third-order valence-corrected chi connectivity index (χ3v) is 4.27. The Hall–Kier alpha value is -0.160. The predicted octanol–water partition coefficient (Wildman–Crippen LogP) is 0.191. The largest absolute Gasteiger partial charge is 0.371 e. The van der Waals surface area contributed by atoms with Gasteiger partial charge in [-0.2, -0.15) is 0 Å². The fraction of sp³-hybridized carbons (Fsp3) is 1.00. The van der Waals surface area contributed by atoms with Gasteiger partial charge >= 0.3 is 0 Å². The van der Waals surface area contributed by atoms with Crippen molar-refractivity contribution >= 4 is 0 Å². The third-order valence-electron chi connectivity index (χ3n) is 4.27. The van der Waals surface area contributed by atoms with E-state index in [2.05, 4.69) is 22.5 Å². The van der Waals surface area contributed by atoms with E-state index in [1.807, 2.05) is 0 Å².